The van der Waals surface area contributed by atoms with Gasteiger partial charge < -0.3 is 24.8 Å². The topological polar surface area (TPSA) is 105 Å². The summed E-state index contributed by atoms with van der Waals surface area (Å²) in [5.74, 6) is -2.60. The van der Waals surface area contributed by atoms with Gasteiger partial charge in [-0.05, 0) is 51.4 Å². The molecule has 3 aliphatic rings. The molecule has 0 aliphatic carbocycles. The lowest BCUT2D eigenvalue weighted by atomic mass is 9.70. The number of nitrogens with one attached hydrogen (secondary N) is 1. The van der Waals surface area contributed by atoms with Crippen LogP contribution in [-0.4, -0.2) is 70.3 Å². The summed E-state index contributed by atoms with van der Waals surface area (Å²) in [6.07, 6.45) is 1.44. The van der Waals surface area contributed by atoms with E-state index in [2.05, 4.69) is 26.1 Å². The average Bonchev–Trinajstić information content (AvgIpc) is 3.27. The Bertz CT molecular complexity index is 788. The van der Waals surface area contributed by atoms with Crippen molar-refractivity contribution in [1.29, 1.82) is 0 Å². The Hall–Kier alpha value is -1.67. The van der Waals surface area contributed by atoms with Crippen molar-refractivity contribution in [1.82, 2.24) is 10.2 Å². The molecule has 3 fully saturated rings. The predicted octanol–water partition coefficient (Wildman–Crippen LogP) is 2.27. The summed E-state index contributed by atoms with van der Waals surface area (Å²) in [4.78, 5) is 42.1. The first kappa shape index (κ1) is 25.9. The summed E-state index contributed by atoms with van der Waals surface area (Å²) < 4.78 is 11.7. The monoisotopic (exact) mass is 466 g/mol. The van der Waals surface area contributed by atoms with Gasteiger partial charge >= 0.3 is 5.97 Å². The highest BCUT2D eigenvalue weighted by Gasteiger charge is 2.75. The Morgan fingerprint density at radius 3 is 2.42 bits per heavy atom. The largest absolute Gasteiger partial charge is 0.466 e. The van der Waals surface area contributed by atoms with Crippen molar-refractivity contribution in [2.45, 2.75) is 104 Å². The predicted molar refractivity (Wildman–Crippen MR) is 123 cm³/mol. The van der Waals surface area contributed by atoms with Gasteiger partial charge in [0, 0.05) is 5.54 Å². The second-order valence-electron chi connectivity index (χ2n) is 12.2. The Morgan fingerprint density at radius 2 is 1.91 bits per heavy atom. The van der Waals surface area contributed by atoms with E-state index in [0.717, 1.165) is 6.42 Å². The quantitative estimate of drug-likeness (QED) is 0.532. The third-order valence-electron chi connectivity index (χ3n) is 7.29. The fraction of sp³-hybridized carbons (Fsp3) is 0.880. The van der Waals surface area contributed by atoms with E-state index in [1.807, 2.05) is 27.7 Å². The molecule has 0 aromatic carbocycles. The summed E-state index contributed by atoms with van der Waals surface area (Å²) in [5.41, 5.74) is -1.60. The van der Waals surface area contributed by atoms with Crippen molar-refractivity contribution in [3.8, 4) is 0 Å². The van der Waals surface area contributed by atoms with E-state index in [9.17, 15) is 19.5 Å². The lowest BCUT2D eigenvalue weighted by molar-refractivity contribution is -0.156. The number of nitrogens with zero attached hydrogens (tertiary/aromatic N) is 1. The molecule has 0 aromatic heterocycles. The van der Waals surface area contributed by atoms with Crippen molar-refractivity contribution in [2.24, 2.45) is 23.2 Å². The molecule has 8 heteroatoms. The van der Waals surface area contributed by atoms with E-state index < -0.39 is 47.1 Å². The minimum absolute atomic E-state index is 0.00827. The summed E-state index contributed by atoms with van der Waals surface area (Å²) in [5, 5.41) is 13.4. The molecule has 33 heavy (non-hydrogen) atoms. The van der Waals surface area contributed by atoms with Crippen molar-refractivity contribution in [3.63, 3.8) is 0 Å². The van der Waals surface area contributed by atoms with Crippen molar-refractivity contribution in [2.75, 3.05) is 13.2 Å². The lowest BCUT2D eigenvalue weighted by Crippen LogP contribution is -2.61. The molecule has 2 bridgehead atoms. The van der Waals surface area contributed by atoms with Gasteiger partial charge in [0.25, 0.3) is 0 Å². The number of esters is 1. The number of hydrogen-bond acceptors (Lipinski definition) is 6. The van der Waals surface area contributed by atoms with Crippen LogP contribution >= 0.6 is 0 Å². The number of likely N-dealkylation sites (tertiary alicyclic amines) is 1. The lowest BCUT2D eigenvalue weighted by Gasteiger charge is -2.41. The SMILES string of the molecule is CCOC(=O)[C@@H]1[C@H]2C(=O)N([C@@H](CO)C(C)C)C(C(=O)NC(C)(C)CC(C)(C)C)C23CC[C@H]1O3. The fourth-order valence-corrected chi connectivity index (χ4v) is 6.65. The molecule has 2 amide bonds. The van der Waals surface area contributed by atoms with E-state index in [1.165, 1.54) is 4.90 Å². The summed E-state index contributed by atoms with van der Waals surface area (Å²) in [6.45, 7) is 15.8. The first-order valence-corrected chi connectivity index (χ1v) is 12.3. The number of fused-ring (bicyclic) bond motifs is 1. The van der Waals surface area contributed by atoms with Gasteiger partial charge in [0.05, 0.1) is 37.2 Å². The molecule has 3 heterocycles. The maximum Gasteiger partial charge on any atom is 0.312 e. The Kier molecular flexibility index (Phi) is 6.95. The van der Waals surface area contributed by atoms with Crippen molar-refractivity contribution < 1.29 is 29.0 Å². The highest BCUT2D eigenvalue weighted by Crippen LogP contribution is 2.59. The van der Waals surface area contributed by atoms with Crippen LogP contribution in [0.25, 0.3) is 0 Å². The van der Waals surface area contributed by atoms with Gasteiger partial charge in [0.2, 0.25) is 11.8 Å². The van der Waals surface area contributed by atoms with Gasteiger partial charge in [-0.1, -0.05) is 34.6 Å². The van der Waals surface area contributed by atoms with Gasteiger partial charge in [-0.15, -0.1) is 0 Å². The summed E-state index contributed by atoms with van der Waals surface area (Å²) >= 11 is 0. The molecule has 3 rings (SSSR count). The molecule has 0 radical (unpaired) electrons. The molecule has 2 unspecified atom stereocenters. The molecular formula is C25H42N2O6. The highest BCUT2D eigenvalue weighted by molar-refractivity contribution is 5.98. The number of amides is 2. The Labute approximate surface area is 197 Å². The molecule has 2 N–H and O–H groups in total. The maximum atomic E-state index is 13.9. The molecular weight excluding hydrogens is 424 g/mol. The van der Waals surface area contributed by atoms with E-state index in [-0.39, 0.29) is 36.4 Å². The zero-order valence-electron chi connectivity index (χ0n) is 21.4. The van der Waals surface area contributed by atoms with Gasteiger partial charge in [-0.25, -0.2) is 0 Å². The molecule has 188 valence electrons. The first-order valence-electron chi connectivity index (χ1n) is 12.3. The van der Waals surface area contributed by atoms with Crippen LogP contribution in [-0.2, 0) is 23.9 Å². The third kappa shape index (κ3) is 4.53. The maximum absolute atomic E-state index is 13.9. The first-order chi connectivity index (χ1) is 15.2. The van der Waals surface area contributed by atoms with Crippen LogP contribution in [0.5, 0.6) is 0 Å². The molecule has 6 atom stereocenters. The van der Waals surface area contributed by atoms with Gasteiger partial charge in [0.15, 0.2) is 0 Å². The number of hydrogen-bond donors (Lipinski definition) is 2. The van der Waals surface area contributed by atoms with Crippen LogP contribution in [0.15, 0.2) is 0 Å². The van der Waals surface area contributed by atoms with Crippen molar-refractivity contribution in [3.05, 3.63) is 0 Å². The minimum atomic E-state index is -1.08. The second-order valence-corrected chi connectivity index (χ2v) is 12.2. The Morgan fingerprint density at radius 1 is 1.27 bits per heavy atom. The van der Waals surface area contributed by atoms with Crippen molar-refractivity contribution >= 4 is 17.8 Å². The zero-order valence-corrected chi connectivity index (χ0v) is 21.4. The van der Waals surface area contributed by atoms with Gasteiger partial charge in [-0.3, -0.25) is 14.4 Å². The van der Waals surface area contributed by atoms with E-state index in [1.54, 1.807) is 6.92 Å². The zero-order chi connectivity index (χ0) is 24.9. The van der Waals surface area contributed by atoms with E-state index >= 15 is 0 Å². The van der Waals surface area contributed by atoms with Crippen LogP contribution in [0.4, 0.5) is 0 Å². The number of rotatable bonds is 8. The molecule has 3 aliphatic heterocycles. The Balaban J connectivity index is 2.03. The van der Waals surface area contributed by atoms with Gasteiger partial charge in [-0.2, -0.15) is 0 Å². The van der Waals surface area contributed by atoms with Crippen LogP contribution in [0, 0.1) is 23.2 Å². The number of carbonyl (C=O) groups excluding carboxylic acids is 3. The summed E-state index contributed by atoms with van der Waals surface area (Å²) in [6, 6.07) is -1.46. The number of aliphatic hydroxyl groups excluding tert-OH is 1. The second kappa shape index (κ2) is 8.84. The van der Waals surface area contributed by atoms with Crippen LogP contribution in [0.2, 0.25) is 0 Å². The fourth-order valence-electron chi connectivity index (χ4n) is 6.65. The number of aliphatic hydroxyl groups is 1. The number of ether oxygens (including phenoxy) is 2. The molecule has 8 nitrogen and oxygen atoms in total. The smallest absolute Gasteiger partial charge is 0.312 e. The number of carbonyl (C=O) groups is 3. The standard InChI is InChI=1S/C25H42N2O6/c1-9-32-22(31)17-16-10-11-25(33-16)18(17)21(30)27(15(12-28)14(2)3)19(25)20(29)26-24(7,8)13-23(4,5)6/h14-19,28H,9-13H2,1-8H3,(H,26,29)/t15-,16+,17-,18-,19?,25?/m0/s1. The van der Waals surface area contributed by atoms with Crippen LogP contribution < -0.4 is 5.32 Å². The van der Waals surface area contributed by atoms with E-state index in [4.69, 9.17) is 9.47 Å². The van der Waals surface area contributed by atoms with Crippen LogP contribution in [0.3, 0.4) is 0 Å². The van der Waals surface area contributed by atoms with E-state index in [0.29, 0.717) is 12.8 Å². The van der Waals surface area contributed by atoms with Crippen LogP contribution in [0.1, 0.15) is 74.7 Å². The molecule has 0 aromatic rings. The normalized spacial score (nSPS) is 32.3. The van der Waals surface area contributed by atoms with Gasteiger partial charge in [0.1, 0.15) is 11.6 Å². The molecule has 1 spiro atoms. The molecule has 3 saturated heterocycles. The highest BCUT2D eigenvalue weighted by atomic mass is 16.6. The summed E-state index contributed by atoms with van der Waals surface area (Å²) in [7, 11) is 0. The third-order valence-corrected chi connectivity index (χ3v) is 7.29. The minimum Gasteiger partial charge on any atom is -0.466 e. The average molecular weight is 467 g/mol. The molecule has 0 saturated carbocycles.